The van der Waals surface area contributed by atoms with Gasteiger partial charge in [0.15, 0.2) is 5.78 Å². The summed E-state index contributed by atoms with van der Waals surface area (Å²) in [6.45, 7) is 6.02. The monoisotopic (exact) mass is 440 g/mol. The van der Waals surface area contributed by atoms with Gasteiger partial charge in [0, 0.05) is 17.7 Å². The van der Waals surface area contributed by atoms with Crippen LogP contribution in [0.3, 0.4) is 0 Å². The first-order valence-electron chi connectivity index (χ1n) is 11.3. The minimum absolute atomic E-state index is 0.104. The maximum atomic E-state index is 13.4. The zero-order valence-corrected chi connectivity index (χ0v) is 19.2. The van der Waals surface area contributed by atoms with Crippen molar-refractivity contribution in [3.63, 3.8) is 0 Å². The first kappa shape index (κ1) is 21.2. The van der Waals surface area contributed by atoms with Crippen LogP contribution in [0.4, 0.5) is 0 Å². The Morgan fingerprint density at radius 3 is 2.55 bits per heavy atom. The van der Waals surface area contributed by atoms with Gasteiger partial charge in [0.2, 0.25) is 0 Å². The molecule has 0 aliphatic heterocycles. The highest BCUT2D eigenvalue weighted by Gasteiger charge is 2.35. The van der Waals surface area contributed by atoms with Crippen molar-refractivity contribution in [3.8, 4) is 0 Å². The van der Waals surface area contributed by atoms with Crippen LogP contribution in [-0.4, -0.2) is 26.6 Å². The van der Waals surface area contributed by atoms with Gasteiger partial charge in [0.25, 0.3) is 5.91 Å². The topological polar surface area (TPSA) is 90.6 Å². The van der Waals surface area contributed by atoms with Crippen LogP contribution >= 0.6 is 0 Å². The van der Waals surface area contributed by atoms with E-state index in [1.165, 1.54) is 0 Å². The van der Waals surface area contributed by atoms with E-state index in [2.05, 4.69) is 29.1 Å². The summed E-state index contributed by atoms with van der Waals surface area (Å²) in [6, 6.07) is 17.5. The van der Waals surface area contributed by atoms with Gasteiger partial charge in [0.05, 0.1) is 17.1 Å². The number of H-pyrrole nitrogens is 2. The van der Waals surface area contributed by atoms with Crippen LogP contribution in [-0.2, 0) is 12.8 Å². The molecule has 2 aromatic heterocycles. The number of imidazole rings is 1. The fourth-order valence-corrected chi connectivity index (χ4v) is 4.89. The van der Waals surface area contributed by atoms with Gasteiger partial charge >= 0.3 is 0 Å². The number of Topliss-reactive ketones (excluding diaryl/α,β-unsaturated/α-hetero) is 1. The second kappa shape index (κ2) is 8.03. The van der Waals surface area contributed by atoms with Crippen molar-refractivity contribution >= 4 is 22.7 Å². The number of aromatic amines is 2. The van der Waals surface area contributed by atoms with Crippen molar-refractivity contribution in [2.75, 3.05) is 0 Å². The minimum Gasteiger partial charge on any atom is -0.354 e. The van der Waals surface area contributed by atoms with Gasteiger partial charge in [-0.3, -0.25) is 9.59 Å². The van der Waals surface area contributed by atoms with E-state index in [1.54, 1.807) is 0 Å². The Hall–Kier alpha value is -3.67. The van der Waals surface area contributed by atoms with Crippen molar-refractivity contribution in [2.45, 2.75) is 46.1 Å². The summed E-state index contributed by atoms with van der Waals surface area (Å²) in [7, 11) is 0. The van der Waals surface area contributed by atoms with Gasteiger partial charge in [-0.25, -0.2) is 4.98 Å². The van der Waals surface area contributed by atoms with Crippen LogP contribution in [0.5, 0.6) is 0 Å². The molecule has 6 heteroatoms. The lowest BCUT2D eigenvalue weighted by atomic mass is 9.75. The molecule has 0 spiro atoms. The Labute approximate surface area is 192 Å². The average Bonchev–Trinajstić information content (AvgIpc) is 3.34. The standard InChI is InChI=1S/C27H28N4O2/c1-16-23-21(14-27(2,3)15-22(23)32)28-24(16)26(33)31-20(13-17-9-5-4-6-10-17)25-29-18-11-7-8-12-19(18)30-25/h4-12,20,28H,13-15H2,1-3H3,(H,29,30)(H,31,33)/t20-/m1/s1. The third kappa shape index (κ3) is 4.09. The van der Waals surface area contributed by atoms with Crippen molar-refractivity contribution in [3.05, 3.63) is 88.5 Å². The molecule has 168 valence electrons. The molecule has 0 saturated carbocycles. The highest BCUT2D eigenvalue weighted by Crippen LogP contribution is 2.36. The van der Waals surface area contributed by atoms with Gasteiger partial charge in [-0.1, -0.05) is 56.3 Å². The smallest absolute Gasteiger partial charge is 0.268 e. The number of benzene rings is 2. The number of fused-ring (bicyclic) bond motifs is 2. The molecular formula is C27H28N4O2. The largest absolute Gasteiger partial charge is 0.354 e. The molecular weight excluding hydrogens is 412 g/mol. The Bertz CT molecular complexity index is 1310. The number of rotatable bonds is 5. The van der Waals surface area contributed by atoms with Gasteiger partial charge < -0.3 is 15.3 Å². The Balaban J connectivity index is 1.48. The number of hydrogen-bond donors (Lipinski definition) is 3. The van der Waals surface area contributed by atoms with E-state index in [-0.39, 0.29) is 23.1 Å². The van der Waals surface area contributed by atoms with E-state index in [9.17, 15) is 9.59 Å². The molecule has 5 rings (SSSR count). The fraction of sp³-hybridized carbons (Fsp3) is 0.296. The lowest BCUT2D eigenvalue weighted by Crippen LogP contribution is -2.31. The van der Waals surface area contributed by atoms with Crippen LogP contribution in [0, 0.1) is 12.3 Å². The van der Waals surface area contributed by atoms with E-state index in [1.807, 2.05) is 61.5 Å². The molecule has 2 aromatic carbocycles. The first-order chi connectivity index (χ1) is 15.8. The summed E-state index contributed by atoms with van der Waals surface area (Å²) < 4.78 is 0. The molecule has 6 nitrogen and oxygen atoms in total. The summed E-state index contributed by atoms with van der Waals surface area (Å²) >= 11 is 0. The number of ketones is 1. The third-order valence-electron chi connectivity index (χ3n) is 6.45. The molecule has 1 atom stereocenters. The van der Waals surface area contributed by atoms with E-state index in [4.69, 9.17) is 4.98 Å². The lowest BCUT2D eigenvalue weighted by Gasteiger charge is -2.28. The predicted molar refractivity (Wildman–Crippen MR) is 128 cm³/mol. The molecule has 0 fully saturated rings. The second-order valence-electron chi connectivity index (χ2n) is 9.77. The number of nitrogens with zero attached hydrogens (tertiary/aromatic N) is 1. The number of hydrogen-bond acceptors (Lipinski definition) is 3. The lowest BCUT2D eigenvalue weighted by molar-refractivity contribution is 0.0908. The van der Waals surface area contributed by atoms with Gasteiger partial charge in [-0.2, -0.15) is 0 Å². The third-order valence-corrected chi connectivity index (χ3v) is 6.45. The first-order valence-corrected chi connectivity index (χ1v) is 11.3. The molecule has 0 saturated heterocycles. The van der Waals surface area contributed by atoms with E-state index < -0.39 is 0 Å². The molecule has 1 aliphatic carbocycles. The molecule has 2 heterocycles. The molecule has 4 aromatic rings. The van der Waals surface area contributed by atoms with Gasteiger partial charge in [-0.15, -0.1) is 0 Å². The number of nitrogens with one attached hydrogen (secondary N) is 3. The van der Waals surface area contributed by atoms with Crippen LogP contribution in [0.15, 0.2) is 54.6 Å². The number of aromatic nitrogens is 3. The van der Waals surface area contributed by atoms with Gasteiger partial charge in [-0.05, 0) is 48.4 Å². The number of para-hydroxylation sites is 2. The van der Waals surface area contributed by atoms with Crippen LogP contribution in [0.25, 0.3) is 11.0 Å². The SMILES string of the molecule is Cc1c(C(=O)N[C@H](Cc2ccccc2)c2nc3ccccc3[nH]2)[nH]c2c1C(=O)CC(C)(C)C2. The normalized spacial score (nSPS) is 15.9. The highest BCUT2D eigenvalue weighted by molar-refractivity contribution is 6.04. The summed E-state index contributed by atoms with van der Waals surface area (Å²) in [6.07, 6.45) is 1.84. The second-order valence-corrected chi connectivity index (χ2v) is 9.77. The number of carbonyl (C=O) groups excluding carboxylic acids is 2. The molecule has 3 N–H and O–H groups in total. The Kier molecular flexibility index (Phi) is 5.16. The highest BCUT2D eigenvalue weighted by atomic mass is 16.2. The molecule has 1 amide bonds. The van der Waals surface area contributed by atoms with Crippen molar-refractivity contribution < 1.29 is 9.59 Å². The van der Waals surface area contributed by atoms with Crippen molar-refractivity contribution in [1.29, 1.82) is 0 Å². The maximum absolute atomic E-state index is 13.4. The van der Waals surface area contributed by atoms with Crippen LogP contribution < -0.4 is 5.32 Å². The molecule has 0 radical (unpaired) electrons. The quantitative estimate of drug-likeness (QED) is 0.405. The zero-order valence-electron chi connectivity index (χ0n) is 19.2. The summed E-state index contributed by atoms with van der Waals surface area (Å²) in [5.41, 5.74) is 5.51. The summed E-state index contributed by atoms with van der Waals surface area (Å²) in [5, 5.41) is 3.17. The predicted octanol–water partition coefficient (Wildman–Crippen LogP) is 5.07. The van der Waals surface area contributed by atoms with Crippen molar-refractivity contribution in [2.24, 2.45) is 5.41 Å². The Morgan fingerprint density at radius 1 is 1.06 bits per heavy atom. The molecule has 1 aliphatic rings. The van der Waals surface area contributed by atoms with E-state index >= 15 is 0 Å². The zero-order chi connectivity index (χ0) is 23.2. The number of amides is 1. The Morgan fingerprint density at radius 2 is 1.79 bits per heavy atom. The summed E-state index contributed by atoms with van der Waals surface area (Å²) in [5.74, 6) is 0.584. The van der Waals surface area contributed by atoms with Gasteiger partial charge in [0.1, 0.15) is 11.5 Å². The molecule has 0 bridgehead atoms. The number of carbonyl (C=O) groups is 2. The minimum atomic E-state index is -0.348. The average molecular weight is 441 g/mol. The molecule has 0 unspecified atom stereocenters. The summed E-state index contributed by atoms with van der Waals surface area (Å²) in [4.78, 5) is 37.6. The maximum Gasteiger partial charge on any atom is 0.268 e. The van der Waals surface area contributed by atoms with Crippen molar-refractivity contribution in [1.82, 2.24) is 20.3 Å². The van der Waals surface area contributed by atoms with Crippen LogP contribution in [0.1, 0.15) is 69.8 Å². The van der Waals surface area contributed by atoms with E-state index in [0.717, 1.165) is 34.3 Å². The molecule has 33 heavy (non-hydrogen) atoms. The fourth-order valence-electron chi connectivity index (χ4n) is 4.89. The van der Waals surface area contributed by atoms with E-state index in [0.29, 0.717) is 29.9 Å². The van der Waals surface area contributed by atoms with Crippen LogP contribution in [0.2, 0.25) is 0 Å².